The first kappa shape index (κ1) is 13.4. The Balaban J connectivity index is 2.35. The number of nitrogens with zero attached hydrogens (tertiary/aromatic N) is 1. The second-order valence-corrected chi connectivity index (χ2v) is 5.28. The maximum absolute atomic E-state index is 5.46. The number of methoxy groups -OCH3 is 1. The number of morpholine rings is 1. The largest absolute Gasteiger partial charge is 0.379 e. The Kier molecular flexibility index (Phi) is 5.53. The van der Waals surface area contributed by atoms with Crippen LogP contribution in [-0.4, -0.2) is 55.3 Å². The number of hydrogen-bond donors (Lipinski definition) is 0. The lowest BCUT2D eigenvalue weighted by Gasteiger charge is -2.36. The van der Waals surface area contributed by atoms with E-state index >= 15 is 0 Å². The van der Waals surface area contributed by atoms with E-state index in [1.54, 1.807) is 7.11 Å². The number of alkyl halides is 1. The van der Waals surface area contributed by atoms with Gasteiger partial charge in [0.2, 0.25) is 0 Å². The lowest BCUT2D eigenvalue weighted by atomic mass is 10.0. The normalized spacial score (nSPS) is 24.4. The fourth-order valence-electron chi connectivity index (χ4n) is 1.64. The Bertz CT molecular complexity index is 187. The average molecular weight is 280 g/mol. The topological polar surface area (TPSA) is 21.7 Å². The Morgan fingerprint density at radius 1 is 1.53 bits per heavy atom. The van der Waals surface area contributed by atoms with Crippen molar-refractivity contribution in [3.8, 4) is 0 Å². The molecule has 1 atom stereocenters. The van der Waals surface area contributed by atoms with Crippen LogP contribution < -0.4 is 0 Å². The first-order chi connectivity index (χ1) is 7.09. The molecule has 1 aliphatic rings. The monoisotopic (exact) mass is 279 g/mol. The van der Waals surface area contributed by atoms with E-state index in [9.17, 15) is 0 Å². The van der Waals surface area contributed by atoms with Gasteiger partial charge >= 0.3 is 0 Å². The van der Waals surface area contributed by atoms with E-state index in [-0.39, 0.29) is 5.60 Å². The third kappa shape index (κ3) is 4.39. The van der Waals surface area contributed by atoms with Crippen molar-refractivity contribution in [1.82, 2.24) is 4.90 Å². The molecule has 0 aliphatic carbocycles. The third-order valence-corrected chi connectivity index (χ3v) is 3.83. The van der Waals surface area contributed by atoms with Crippen molar-refractivity contribution >= 4 is 15.9 Å². The highest BCUT2D eigenvalue weighted by molar-refractivity contribution is 9.09. The van der Waals surface area contributed by atoms with Gasteiger partial charge < -0.3 is 9.47 Å². The summed E-state index contributed by atoms with van der Waals surface area (Å²) in [4.78, 5) is 2.49. The molecular formula is C11H22BrNO2. The predicted molar refractivity (Wildman–Crippen MR) is 65.7 cm³/mol. The molecule has 1 aliphatic heterocycles. The number of ether oxygens (including phenoxy) is 2. The minimum Gasteiger partial charge on any atom is -0.379 e. The molecule has 1 unspecified atom stereocenters. The van der Waals surface area contributed by atoms with Crippen LogP contribution in [0.2, 0.25) is 0 Å². The van der Waals surface area contributed by atoms with Crippen molar-refractivity contribution in [3.05, 3.63) is 0 Å². The standard InChI is InChI=1S/C11H22BrNO2/c1-11(2,14-3)4-5-13-6-7-15-9-10(13)8-12/h10H,4-9H2,1-3H3. The Hall–Kier alpha value is 0.360. The summed E-state index contributed by atoms with van der Waals surface area (Å²) in [6, 6.07) is 0.520. The van der Waals surface area contributed by atoms with Crippen LogP contribution in [-0.2, 0) is 9.47 Å². The maximum Gasteiger partial charge on any atom is 0.0634 e. The lowest BCUT2D eigenvalue weighted by molar-refractivity contribution is -0.0263. The summed E-state index contributed by atoms with van der Waals surface area (Å²) < 4.78 is 10.9. The minimum absolute atomic E-state index is 0.0187. The number of hydrogen-bond acceptors (Lipinski definition) is 3. The molecule has 0 spiro atoms. The smallest absolute Gasteiger partial charge is 0.0634 e. The van der Waals surface area contributed by atoms with Crippen molar-refractivity contribution in [2.24, 2.45) is 0 Å². The molecule has 4 heteroatoms. The van der Waals surface area contributed by atoms with Crippen LogP contribution in [0.15, 0.2) is 0 Å². The van der Waals surface area contributed by atoms with E-state index < -0.39 is 0 Å². The molecule has 15 heavy (non-hydrogen) atoms. The van der Waals surface area contributed by atoms with Gasteiger partial charge in [-0.3, -0.25) is 4.90 Å². The van der Waals surface area contributed by atoms with Crippen LogP contribution in [0.5, 0.6) is 0 Å². The van der Waals surface area contributed by atoms with Gasteiger partial charge in [0, 0.05) is 31.6 Å². The van der Waals surface area contributed by atoms with Crippen LogP contribution in [0.4, 0.5) is 0 Å². The van der Waals surface area contributed by atoms with Crippen molar-refractivity contribution in [3.63, 3.8) is 0 Å². The zero-order valence-electron chi connectivity index (χ0n) is 9.96. The van der Waals surface area contributed by atoms with Gasteiger partial charge in [-0.1, -0.05) is 15.9 Å². The first-order valence-electron chi connectivity index (χ1n) is 5.52. The maximum atomic E-state index is 5.46. The molecule has 0 amide bonds. The van der Waals surface area contributed by atoms with Crippen molar-refractivity contribution in [2.45, 2.75) is 31.9 Å². The zero-order valence-corrected chi connectivity index (χ0v) is 11.5. The number of rotatable bonds is 5. The van der Waals surface area contributed by atoms with Crippen molar-refractivity contribution in [1.29, 1.82) is 0 Å². The van der Waals surface area contributed by atoms with Crippen LogP contribution >= 0.6 is 15.9 Å². The van der Waals surface area contributed by atoms with E-state index in [1.165, 1.54) is 0 Å². The zero-order chi connectivity index (χ0) is 11.3. The van der Waals surface area contributed by atoms with Crippen molar-refractivity contribution in [2.75, 3.05) is 38.7 Å². The van der Waals surface area contributed by atoms with E-state index in [1.807, 2.05) is 0 Å². The second-order valence-electron chi connectivity index (χ2n) is 4.63. The van der Waals surface area contributed by atoms with Gasteiger partial charge in [-0.15, -0.1) is 0 Å². The Morgan fingerprint density at radius 2 is 2.27 bits per heavy atom. The summed E-state index contributed by atoms with van der Waals surface area (Å²) >= 11 is 3.54. The molecular weight excluding hydrogens is 258 g/mol. The highest BCUT2D eigenvalue weighted by Gasteiger charge is 2.24. The average Bonchev–Trinajstić information content (AvgIpc) is 2.27. The number of halogens is 1. The van der Waals surface area contributed by atoms with Gasteiger partial charge in [0.1, 0.15) is 0 Å². The summed E-state index contributed by atoms with van der Waals surface area (Å²) in [5.41, 5.74) is -0.0187. The summed E-state index contributed by atoms with van der Waals surface area (Å²) in [6.07, 6.45) is 1.06. The third-order valence-electron chi connectivity index (χ3n) is 3.08. The van der Waals surface area contributed by atoms with Gasteiger partial charge in [-0.25, -0.2) is 0 Å². The molecule has 3 nitrogen and oxygen atoms in total. The van der Waals surface area contributed by atoms with Gasteiger partial charge in [-0.05, 0) is 20.3 Å². The lowest BCUT2D eigenvalue weighted by Crippen LogP contribution is -2.48. The predicted octanol–water partition coefficient (Wildman–Crippen LogP) is 1.90. The molecule has 1 heterocycles. The molecule has 0 radical (unpaired) electrons. The second kappa shape index (κ2) is 6.18. The highest BCUT2D eigenvalue weighted by Crippen LogP contribution is 2.16. The quantitative estimate of drug-likeness (QED) is 0.718. The molecule has 0 bridgehead atoms. The van der Waals surface area contributed by atoms with Gasteiger partial charge in [0.05, 0.1) is 18.8 Å². The van der Waals surface area contributed by atoms with E-state index in [4.69, 9.17) is 9.47 Å². The van der Waals surface area contributed by atoms with E-state index in [0.717, 1.165) is 38.1 Å². The molecule has 0 aromatic rings. The molecule has 1 rings (SSSR count). The van der Waals surface area contributed by atoms with E-state index in [0.29, 0.717) is 6.04 Å². The van der Waals surface area contributed by atoms with Crippen LogP contribution in [0.25, 0.3) is 0 Å². The molecule has 0 saturated carbocycles. The SMILES string of the molecule is COC(C)(C)CCN1CCOCC1CBr. The Morgan fingerprint density at radius 3 is 2.87 bits per heavy atom. The fraction of sp³-hybridized carbons (Fsp3) is 1.00. The molecule has 0 N–H and O–H groups in total. The summed E-state index contributed by atoms with van der Waals surface area (Å²) in [5.74, 6) is 0. The molecule has 1 fully saturated rings. The highest BCUT2D eigenvalue weighted by atomic mass is 79.9. The van der Waals surface area contributed by atoms with Crippen molar-refractivity contribution < 1.29 is 9.47 Å². The van der Waals surface area contributed by atoms with Crippen LogP contribution in [0.3, 0.4) is 0 Å². The van der Waals surface area contributed by atoms with Gasteiger partial charge in [0.25, 0.3) is 0 Å². The van der Waals surface area contributed by atoms with Gasteiger partial charge in [0.15, 0.2) is 0 Å². The minimum atomic E-state index is -0.0187. The van der Waals surface area contributed by atoms with Crippen LogP contribution in [0, 0.1) is 0 Å². The molecule has 1 saturated heterocycles. The van der Waals surface area contributed by atoms with Crippen LogP contribution in [0.1, 0.15) is 20.3 Å². The Labute approximate surface area is 101 Å². The van der Waals surface area contributed by atoms with E-state index in [2.05, 4.69) is 34.7 Å². The van der Waals surface area contributed by atoms with Gasteiger partial charge in [-0.2, -0.15) is 0 Å². The summed E-state index contributed by atoms with van der Waals surface area (Å²) in [5, 5.41) is 0.987. The molecule has 0 aromatic heterocycles. The fourth-order valence-corrected chi connectivity index (χ4v) is 2.24. The summed E-state index contributed by atoms with van der Waals surface area (Å²) in [6.45, 7) is 8.10. The molecule has 0 aromatic carbocycles. The molecule has 90 valence electrons. The summed E-state index contributed by atoms with van der Waals surface area (Å²) in [7, 11) is 1.78. The first-order valence-corrected chi connectivity index (χ1v) is 6.64.